The Bertz CT molecular complexity index is 1320. The molecule has 0 saturated heterocycles. The van der Waals surface area contributed by atoms with Crippen LogP contribution in [0, 0.1) is 5.82 Å². The number of halogens is 1. The van der Waals surface area contributed by atoms with E-state index < -0.39 is 11.7 Å². The van der Waals surface area contributed by atoms with E-state index in [1.807, 2.05) is 24.3 Å². The van der Waals surface area contributed by atoms with Crippen LogP contribution in [0.25, 0.3) is 10.9 Å². The van der Waals surface area contributed by atoms with Crippen LogP contribution in [0.2, 0.25) is 0 Å². The number of rotatable bonds is 7. The molecule has 3 aromatic carbocycles. The second-order valence-electron chi connectivity index (χ2n) is 7.35. The van der Waals surface area contributed by atoms with Gasteiger partial charge in [-0.2, -0.15) is 0 Å². The predicted octanol–water partition coefficient (Wildman–Crippen LogP) is 5.05. The maximum Gasteiger partial charge on any atom is 0.260 e. The Morgan fingerprint density at radius 2 is 1.82 bits per heavy atom. The van der Waals surface area contributed by atoms with Crippen molar-refractivity contribution in [3.8, 4) is 11.5 Å². The third-order valence-corrected chi connectivity index (χ3v) is 5.22. The molecule has 1 amide bonds. The molecule has 0 bridgehead atoms. The number of ether oxygens (including phenoxy) is 2. The molecule has 4 aromatic rings. The number of nitrogens with zero attached hydrogens (tertiary/aromatic N) is 2. The number of carbonyl (C=O) groups excluding carboxylic acids is 2. The van der Waals surface area contributed by atoms with Crippen molar-refractivity contribution < 1.29 is 23.5 Å². The Morgan fingerprint density at radius 3 is 2.55 bits per heavy atom. The van der Waals surface area contributed by atoms with Gasteiger partial charge >= 0.3 is 0 Å². The van der Waals surface area contributed by atoms with Crippen molar-refractivity contribution >= 4 is 28.9 Å². The first-order valence-corrected chi connectivity index (χ1v) is 10.2. The lowest BCUT2D eigenvalue weighted by atomic mass is 10.1. The van der Waals surface area contributed by atoms with Crippen molar-refractivity contribution in [2.75, 3.05) is 19.1 Å². The first-order valence-electron chi connectivity index (χ1n) is 10.2. The van der Waals surface area contributed by atoms with Crippen LogP contribution < -0.4 is 14.4 Å². The second kappa shape index (κ2) is 9.48. The molecule has 1 aromatic heterocycles. The van der Waals surface area contributed by atoms with E-state index in [1.165, 1.54) is 17.0 Å². The zero-order chi connectivity index (χ0) is 23.4. The predicted molar refractivity (Wildman–Crippen MR) is 124 cm³/mol. The molecule has 4 rings (SSSR count). The standard InChI is InChI=1S/C26H21FN2O4/c1-29(26(31)22-6-4-3-5-18(22)15-30)25-24(14-19-13-20(27)9-12-23(19)28-25)33-16-17-7-10-21(32-2)11-8-17/h3-15H,16H2,1-2H3. The minimum absolute atomic E-state index is 0.201. The highest BCUT2D eigenvalue weighted by atomic mass is 19.1. The summed E-state index contributed by atoms with van der Waals surface area (Å²) in [5, 5.41) is 0.539. The van der Waals surface area contributed by atoms with Crippen molar-refractivity contribution in [1.29, 1.82) is 0 Å². The van der Waals surface area contributed by atoms with Gasteiger partial charge in [0.15, 0.2) is 17.9 Å². The third-order valence-electron chi connectivity index (χ3n) is 5.22. The van der Waals surface area contributed by atoms with Gasteiger partial charge in [0, 0.05) is 18.0 Å². The summed E-state index contributed by atoms with van der Waals surface area (Å²) in [4.78, 5) is 30.5. The van der Waals surface area contributed by atoms with Gasteiger partial charge in [0.2, 0.25) is 0 Å². The second-order valence-corrected chi connectivity index (χ2v) is 7.35. The van der Waals surface area contributed by atoms with Gasteiger partial charge in [-0.25, -0.2) is 9.37 Å². The summed E-state index contributed by atoms with van der Waals surface area (Å²) in [5.74, 6) is 0.474. The van der Waals surface area contributed by atoms with Crippen LogP contribution in [0.4, 0.5) is 10.2 Å². The molecule has 0 fully saturated rings. The van der Waals surface area contributed by atoms with E-state index in [0.717, 1.165) is 11.3 Å². The number of fused-ring (bicyclic) bond motifs is 1. The SMILES string of the molecule is COc1ccc(COc2cc3cc(F)ccc3nc2N(C)C(=O)c2ccccc2C=O)cc1. The summed E-state index contributed by atoms with van der Waals surface area (Å²) in [7, 11) is 3.15. The molecule has 0 unspecified atom stereocenters. The topological polar surface area (TPSA) is 68.7 Å². The van der Waals surface area contributed by atoms with Gasteiger partial charge in [0.1, 0.15) is 18.2 Å². The van der Waals surface area contributed by atoms with Crippen LogP contribution >= 0.6 is 0 Å². The number of hydrogen-bond acceptors (Lipinski definition) is 5. The summed E-state index contributed by atoms with van der Waals surface area (Å²) in [6.07, 6.45) is 0.638. The Morgan fingerprint density at radius 1 is 1.06 bits per heavy atom. The van der Waals surface area contributed by atoms with Crippen LogP contribution in [0.15, 0.2) is 72.8 Å². The fourth-order valence-electron chi connectivity index (χ4n) is 3.42. The van der Waals surface area contributed by atoms with E-state index in [4.69, 9.17) is 9.47 Å². The summed E-state index contributed by atoms with van der Waals surface area (Å²) in [6, 6.07) is 19.7. The summed E-state index contributed by atoms with van der Waals surface area (Å²) < 4.78 is 25.0. The molecule has 7 heteroatoms. The fraction of sp³-hybridized carbons (Fsp3) is 0.115. The van der Waals surface area contributed by atoms with Gasteiger partial charge in [-0.3, -0.25) is 14.5 Å². The largest absolute Gasteiger partial charge is 0.497 e. The van der Waals surface area contributed by atoms with Gasteiger partial charge in [0.05, 0.1) is 18.2 Å². The molecule has 6 nitrogen and oxygen atoms in total. The highest BCUT2D eigenvalue weighted by molar-refractivity contribution is 6.10. The number of hydrogen-bond donors (Lipinski definition) is 0. The van der Waals surface area contributed by atoms with Crippen LogP contribution in [-0.4, -0.2) is 31.3 Å². The smallest absolute Gasteiger partial charge is 0.260 e. The Kier molecular flexibility index (Phi) is 6.31. The number of aldehydes is 1. The van der Waals surface area contributed by atoms with Crippen molar-refractivity contribution in [2.24, 2.45) is 0 Å². The van der Waals surface area contributed by atoms with Crippen molar-refractivity contribution in [1.82, 2.24) is 4.98 Å². The number of benzene rings is 3. The summed E-state index contributed by atoms with van der Waals surface area (Å²) >= 11 is 0. The number of aromatic nitrogens is 1. The molecular weight excluding hydrogens is 423 g/mol. The Balaban J connectivity index is 1.72. The molecule has 1 heterocycles. The normalized spacial score (nSPS) is 10.6. The van der Waals surface area contributed by atoms with Gasteiger partial charge in [0.25, 0.3) is 5.91 Å². The first-order chi connectivity index (χ1) is 16.0. The maximum absolute atomic E-state index is 13.8. The zero-order valence-corrected chi connectivity index (χ0v) is 18.1. The van der Waals surface area contributed by atoms with Gasteiger partial charge in [-0.05, 0) is 48.0 Å². The molecule has 0 saturated carbocycles. The summed E-state index contributed by atoms with van der Waals surface area (Å²) in [6.45, 7) is 0.201. The average molecular weight is 444 g/mol. The van der Waals surface area contributed by atoms with Crippen molar-refractivity contribution in [3.05, 3.63) is 95.3 Å². The summed E-state index contributed by atoms with van der Waals surface area (Å²) in [5.41, 5.74) is 1.91. The Labute approximate surface area is 190 Å². The van der Waals surface area contributed by atoms with Crippen LogP contribution in [-0.2, 0) is 6.61 Å². The number of carbonyl (C=O) groups is 2. The monoisotopic (exact) mass is 444 g/mol. The van der Waals surface area contributed by atoms with Gasteiger partial charge < -0.3 is 9.47 Å². The van der Waals surface area contributed by atoms with Crippen LogP contribution in [0.5, 0.6) is 11.5 Å². The highest BCUT2D eigenvalue weighted by Crippen LogP contribution is 2.32. The van der Waals surface area contributed by atoms with Gasteiger partial charge in [-0.1, -0.05) is 30.3 Å². The third kappa shape index (κ3) is 4.67. The molecular formula is C26H21FN2O4. The van der Waals surface area contributed by atoms with E-state index in [2.05, 4.69) is 4.98 Å². The molecule has 166 valence electrons. The number of methoxy groups -OCH3 is 1. The molecule has 0 aliphatic carbocycles. The molecule has 0 atom stereocenters. The number of amides is 1. The molecule has 0 N–H and O–H groups in total. The van der Waals surface area contributed by atoms with Crippen molar-refractivity contribution in [2.45, 2.75) is 6.61 Å². The Hall–Kier alpha value is -4.26. The minimum atomic E-state index is -0.416. The van der Waals surface area contributed by atoms with E-state index in [-0.39, 0.29) is 23.6 Å². The van der Waals surface area contributed by atoms with E-state index >= 15 is 0 Å². The van der Waals surface area contributed by atoms with Crippen LogP contribution in [0.1, 0.15) is 26.3 Å². The lowest BCUT2D eigenvalue weighted by Crippen LogP contribution is -2.28. The first kappa shape index (κ1) is 22.0. The number of pyridine rings is 1. The lowest BCUT2D eigenvalue weighted by molar-refractivity contribution is 0.0984. The van der Waals surface area contributed by atoms with Gasteiger partial charge in [-0.15, -0.1) is 0 Å². The fourth-order valence-corrected chi connectivity index (χ4v) is 3.42. The molecule has 33 heavy (non-hydrogen) atoms. The molecule has 0 aliphatic heterocycles. The molecule has 0 spiro atoms. The minimum Gasteiger partial charge on any atom is -0.497 e. The molecule has 0 aliphatic rings. The number of anilines is 1. The van der Waals surface area contributed by atoms with E-state index in [1.54, 1.807) is 50.6 Å². The zero-order valence-electron chi connectivity index (χ0n) is 18.1. The quantitative estimate of drug-likeness (QED) is 0.373. The van der Waals surface area contributed by atoms with E-state index in [9.17, 15) is 14.0 Å². The highest BCUT2D eigenvalue weighted by Gasteiger charge is 2.22. The van der Waals surface area contributed by atoms with Crippen molar-refractivity contribution in [3.63, 3.8) is 0 Å². The van der Waals surface area contributed by atoms with E-state index in [0.29, 0.717) is 22.9 Å². The maximum atomic E-state index is 13.8. The average Bonchev–Trinajstić information content (AvgIpc) is 2.86. The lowest BCUT2D eigenvalue weighted by Gasteiger charge is -2.21. The molecule has 0 radical (unpaired) electrons. The van der Waals surface area contributed by atoms with Crippen LogP contribution in [0.3, 0.4) is 0 Å².